The lowest BCUT2D eigenvalue weighted by atomic mass is 9.33. The normalized spacial score (nSPS) is 13.2. The second kappa shape index (κ2) is 17.2. The number of furan rings is 1. The van der Waals surface area contributed by atoms with Crippen molar-refractivity contribution in [1.82, 2.24) is 4.57 Å². The lowest BCUT2D eigenvalue weighted by molar-refractivity contribution is 0.590. The predicted molar refractivity (Wildman–Crippen MR) is 334 cm³/mol. The van der Waals surface area contributed by atoms with E-state index in [1.54, 1.807) is 0 Å². The van der Waals surface area contributed by atoms with E-state index < -0.39 is 0 Å². The average Bonchev–Trinajstić information content (AvgIpc) is 3.24. The molecule has 0 spiro atoms. The standard InChI is InChI=1S/C73H64BN3O/c1-43-33-65-68-66(34-43)77(70-44(2)35-49(36-45(70)3)48-21-14-12-15-22-48)64-42-63-58(57-39-51(72(6,7)8)29-31-61(57)75(63)53-23-16-13-17-24-53)41-60(64)74(68)59-40-52(73(9,10)11)30-32-62(59)76(65)69-46(4)37-50(38-47(69)5)54-26-20-27-56-55-25-18-19-28-67(55)78-71(54)56/h12-42H,1-11H3. The molecule has 14 rings (SSSR count). The van der Waals surface area contributed by atoms with Crippen molar-refractivity contribution >= 4 is 101 Å². The molecular weight excluding hydrogens is 946 g/mol. The Morgan fingerprint density at radius 3 is 1.62 bits per heavy atom. The molecule has 0 amide bonds. The Kier molecular flexibility index (Phi) is 10.6. The van der Waals surface area contributed by atoms with E-state index in [0.717, 1.165) is 38.8 Å². The number of nitrogens with zero attached hydrogens (tertiary/aromatic N) is 3. The van der Waals surface area contributed by atoms with Gasteiger partial charge < -0.3 is 18.8 Å². The number of hydrogen-bond donors (Lipinski definition) is 0. The van der Waals surface area contributed by atoms with Gasteiger partial charge in [0.1, 0.15) is 11.2 Å². The van der Waals surface area contributed by atoms with E-state index in [-0.39, 0.29) is 17.5 Å². The minimum atomic E-state index is -0.0872. The number of benzene rings is 10. The molecule has 380 valence electrons. The first-order valence-corrected chi connectivity index (χ1v) is 27.8. The Hall–Kier alpha value is -8.54. The third-order valence-corrected chi connectivity index (χ3v) is 17.1. The number of para-hydroxylation sites is 3. The second-order valence-corrected chi connectivity index (χ2v) is 24.5. The van der Waals surface area contributed by atoms with E-state index in [0.29, 0.717) is 0 Å². The Balaban J connectivity index is 1.08. The lowest BCUT2D eigenvalue weighted by Gasteiger charge is -2.46. The van der Waals surface area contributed by atoms with Gasteiger partial charge in [0.25, 0.3) is 6.71 Å². The van der Waals surface area contributed by atoms with Gasteiger partial charge in [0.05, 0.1) is 22.4 Å². The molecule has 78 heavy (non-hydrogen) atoms. The fourth-order valence-electron chi connectivity index (χ4n) is 13.5. The summed E-state index contributed by atoms with van der Waals surface area (Å²) in [4.78, 5) is 5.27. The number of aromatic nitrogens is 1. The minimum absolute atomic E-state index is 0.0304. The van der Waals surface area contributed by atoms with Crippen LogP contribution in [-0.4, -0.2) is 11.3 Å². The molecule has 2 aliphatic heterocycles. The molecular formula is C73H64BN3O. The molecule has 4 heterocycles. The van der Waals surface area contributed by atoms with Gasteiger partial charge in [-0.15, -0.1) is 0 Å². The van der Waals surface area contributed by atoms with Crippen LogP contribution in [0.25, 0.3) is 71.7 Å². The monoisotopic (exact) mass is 1010 g/mol. The van der Waals surface area contributed by atoms with Crippen molar-refractivity contribution in [3.8, 4) is 27.9 Å². The zero-order valence-corrected chi connectivity index (χ0v) is 46.7. The number of anilines is 6. The highest BCUT2D eigenvalue weighted by atomic mass is 16.3. The Bertz CT molecular complexity index is 4420. The fourth-order valence-corrected chi connectivity index (χ4v) is 13.5. The molecule has 0 radical (unpaired) electrons. The van der Waals surface area contributed by atoms with Gasteiger partial charge in [-0.2, -0.15) is 0 Å². The first-order valence-electron chi connectivity index (χ1n) is 27.8. The molecule has 2 aromatic heterocycles. The number of hydrogen-bond acceptors (Lipinski definition) is 3. The van der Waals surface area contributed by atoms with Gasteiger partial charge in [-0.25, -0.2) is 0 Å². The minimum Gasteiger partial charge on any atom is -0.455 e. The molecule has 0 saturated heterocycles. The van der Waals surface area contributed by atoms with Crippen molar-refractivity contribution in [2.24, 2.45) is 0 Å². The highest BCUT2D eigenvalue weighted by Crippen LogP contribution is 2.50. The maximum absolute atomic E-state index is 6.65. The number of aryl methyl sites for hydroxylation is 5. The summed E-state index contributed by atoms with van der Waals surface area (Å²) in [5, 5.41) is 4.82. The zero-order valence-electron chi connectivity index (χ0n) is 46.7. The molecule has 10 aromatic carbocycles. The van der Waals surface area contributed by atoms with Crippen LogP contribution in [0.5, 0.6) is 0 Å². The Morgan fingerprint density at radius 1 is 0.397 bits per heavy atom. The van der Waals surface area contributed by atoms with Crippen molar-refractivity contribution in [3.05, 3.63) is 227 Å². The lowest BCUT2D eigenvalue weighted by Crippen LogP contribution is -2.61. The molecule has 0 fully saturated rings. The van der Waals surface area contributed by atoms with Gasteiger partial charge >= 0.3 is 0 Å². The first kappa shape index (κ1) is 47.9. The summed E-state index contributed by atoms with van der Waals surface area (Å²) < 4.78 is 9.16. The Labute approximate surface area is 459 Å². The van der Waals surface area contributed by atoms with Crippen LogP contribution in [0.1, 0.15) is 80.5 Å². The molecule has 0 aliphatic carbocycles. The van der Waals surface area contributed by atoms with Crippen LogP contribution >= 0.6 is 0 Å². The van der Waals surface area contributed by atoms with E-state index in [1.807, 2.05) is 0 Å². The summed E-state index contributed by atoms with van der Waals surface area (Å²) in [6.45, 7) is 25.5. The van der Waals surface area contributed by atoms with E-state index in [9.17, 15) is 0 Å². The van der Waals surface area contributed by atoms with E-state index >= 15 is 0 Å². The quantitative estimate of drug-likeness (QED) is 0.161. The van der Waals surface area contributed by atoms with Gasteiger partial charge in [-0.1, -0.05) is 151 Å². The zero-order chi connectivity index (χ0) is 53.7. The van der Waals surface area contributed by atoms with E-state index in [2.05, 4.69) is 279 Å². The fraction of sp³-hybridized carbons (Fsp3) is 0.178. The third kappa shape index (κ3) is 7.27. The van der Waals surface area contributed by atoms with E-state index in [4.69, 9.17) is 4.42 Å². The Morgan fingerprint density at radius 2 is 0.949 bits per heavy atom. The maximum atomic E-state index is 6.65. The average molecular weight is 1010 g/mol. The largest absolute Gasteiger partial charge is 0.455 e. The molecule has 2 aliphatic rings. The van der Waals surface area contributed by atoms with Crippen LogP contribution in [-0.2, 0) is 10.8 Å². The van der Waals surface area contributed by atoms with Crippen molar-refractivity contribution in [2.75, 3.05) is 9.80 Å². The summed E-state index contributed by atoms with van der Waals surface area (Å²) in [5.74, 6) is 0. The molecule has 0 unspecified atom stereocenters. The summed E-state index contributed by atoms with van der Waals surface area (Å²) in [5.41, 5.74) is 30.0. The van der Waals surface area contributed by atoms with Crippen molar-refractivity contribution in [1.29, 1.82) is 0 Å². The number of rotatable bonds is 5. The van der Waals surface area contributed by atoms with Crippen LogP contribution in [0.4, 0.5) is 34.1 Å². The van der Waals surface area contributed by atoms with Crippen molar-refractivity contribution in [3.63, 3.8) is 0 Å². The summed E-state index contributed by atoms with van der Waals surface area (Å²) in [7, 11) is 0. The van der Waals surface area contributed by atoms with Crippen LogP contribution in [0, 0.1) is 34.6 Å². The number of fused-ring (bicyclic) bond motifs is 10. The smallest absolute Gasteiger partial charge is 0.252 e. The van der Waals surface area contributed by atoms with Gasteiger partial charge in [-0.05, 0) is 196 Å². The van der Waals surface area contributed by atoms with Crippen LogP contribution in [0.2, 0.25) is 0 Å². The molecule has 0 N–H and O–H groups in total. The summed E-state index contributed by atoms with van der Waals surface area (Å²) in [6.07, 6.45) is 0. The maximum Gasteiger partial charge on any atom is 0.252 e. The highest BCUT2D eigenvalue weighted by Gasteiger charge is 2.45. The van der Waals surface area contributed by atoms with Gasteiger partial charge in [0, 0.05) is 55.5 Å². The van der Waals surface area contributed by atoms with Crippen LogP contribution < -0.4 is 26.2 Å². The van der Waals surface area contributed by atoms with Crippen molar-refractivity contribution in [2.45, 2.75) is 87.0 Å². The molecule has 0 atom stereocenters. The SMILES string of the molecule is Cc1cc2c3c(c1)N(c1c(C)cc(-c4ccccc4)cc1C)c1cc4c(cc1B3c1cc(C(C)(C)C)ccc1N2c1c(C)cc(-c2cccc3c2oc2ccccc23)cc1C)c1cc(C(C)(C)C)ccc1n4-c1ccccc1. The topological polar surface area (TPSA) is 24.6 Å². The summed E-state index contributed by atoms with van der Waals surface area (Å²) >= 11 is 0. The van der Waals surface area contributed by atoms with E-state index in [1.165, 1.54) is 122 Å². The molecule has 0 bridgehead atoms. The third-order valence-electron chi connectivity index (χ3n) is 17.1. The highest BCUT2D eigenvalue weighted by molar-refractivity contribution is 7.00. The molecule has 0 saturated carbocycles. The molecule has 4 nitrogen and oxygen atoms in total. The summed E-state index contributed by atoms with van der Waals surface area (Å²) in [6, 6.07) is 70.9. The van der Waals surface area contributed by atoms with Crippen LogP contribution in [0.15, 0.2) is 192 Å². The predicted octanol–water partition coefficient (Wildman–Crippen LogP) is 18.2. The molecule has 5 heteroatoms. The molecule has 12 aromatic rings. The van der Waals surface area contributed by atoms with Crippen LogP contribution in [0.3, 0.4) is 0 Å². The van der Waals surface area contributed by atoms with Crippen molar-refractivity contribution < 1.29 is 4.42 Å². The first-order chi connectivity index (χ1) is 37.5. The van der Waals surface area contributed by atoms with Gasteiger partial charge in [0.2, 0.25) is 0 Å². The second-order valence-electron chi connectivity index (χ2n) is 24.5. The van der Waals surface area contributed by atoms with Gasteiger partial charge in [0.15, 0.2) is 0 Å². The van der Waals surface area contributed by atoms with Gasteiger partial charge in [-0.3, -0.25) is 0 Å².